The Balaban J connectivity index is 0.00000220. The van der Waals surface area contributed by atoms with Crippen LogP contribution in [0.25, 0.3) is 0 Å². The summed E-state index contributed by atoms with van der Waals surface area (Å²) < 4.78 is 5.29. The van der Waals surface area contributed by atoms with Gasteiger partial charge in [-0.15, -0.1) is 24.0 Å². The third kappa shape index (κ3) is 7.02. The van der Waals surface area contributed by atoms with E-state index in [1.54, 1.807) is 11.8 Å². The summed E-state index contributed by atoms with van der Waals surface area (Å²) in [7, 11) is 0. The van der Waals surface area contributed by atoms with Crippen LogP contribution in [0.15, 0.2) is 39.5 Å². The van der Waals surface area contributed by atoms with Gasteiger partial charge in [0.15, 0.2) is 5.96 Å². The minimum Gasteiger partial charge on any atom is -0.467 e. The van der Waals surface area contributed by atoms with E-state index in [9.17, 15) is 0 Å². The number of nitrogens with one attached hydrogen (secondary N) is 2. The van der Waals surface area contributed by atoms with Crippen LogP contribution in [-0.2, 0) is 6.54 Å². The van der Waals surface area contributed by atoms with Crippen molar-refractivity contribution in [1.29, 1.82) is 0 Å². The zero-order valence-electron chi connectivity index (χ0n) is 12.7. The van der Waals surface area contributed by atoms with Crippen molar-refractivity contribution in [3.8, 4) is 0 Å². The first kappa shape index (κ1) is 18.1. The molecule has 0 spiro atoms. The van der Waals surface area contributed by atoms with Crippen molar-refractivity contribution in [2.75, 3.05) is 13.1 Å². The predicted octanol–water partition coefficient (Wildman–Crippen LogP) is 3.84. The molecule has 0 unspecified atom stereocenters. The number of halogens is 1. The van der Waals surface area contributed by atoms with Gasteiger partial charge in [0, 0.05) is 13.1 Å². The van der Waals surface area contributed by atoms with Gasteiger partial charge < -0.3 is 15.1 Å². The molecule has 0 aromatic carbocycles. The lowest BCUT2D eigenvalue weighted by molar-refractivity contribution is 0.512. The number of hydrogen-bond donors (Lipinski definition) is 2. The smallest absolute Gasteiger partial charge is 0.191 e. The molecule has 0 bridgehead atoms. The first-order chi connectivity index (χ1) is 9.88. The van der Waals surface area contributed by atoms with Crippen LogP contribution in [0.5, 0.6) is 0 Å². The molecule has 2 rings (SSSR count). The van der Waals surface area contributed by atoms with E-state index in [0.717, 1.165) is 31.2 Å². The van der Waals surface area contributed by atoms with Gasteiger partial charge in [0.05, 0.1) is 6.26 Å². The summed E-state index contributed by atoms with van der Waals surface area (Å²) in [6, 6.07) is 3.83. The van der Waals surface area contributed by atoms with E-state index in [2.05, 4.69) is 28.6 Å². The third-order valence-corrected chi connectivity index (χ3v) is 3.44. The van der Waals surface area contributed by atoms with Crippen LogP contribution in [0.3, 0.4) is 0 Å². The van der Waals surface area contributed by atoms with Crippen LogP contribution < -0.4 is 10.6 Å². The molecule has 1 heterocycles. The highest BCUT2D eigenvalue weighted by Gasteiger charge is 2.04. The fraction of sp³-hybridized carbons (Fsp3) is 0.562. The fourth-order valence-electron chi connectivity index (χ4n) is 2.37. The molecule has 4 nitrogen and oxygen atoms in total. The minimum absolute atomic E-state index is 0. The molecule has 0 fully saturated rings. The topological polar surface area (TPSA) is 49.6 Å². The molecule has 118 valence electrons. The summed E-state index contributed by atoms with van der Waals surface area (Å²) >= 11 is 0. The van der Waals surface area contributed by atoms with Crippen LogP contribution in [0.4, 0.5) is 0 Å². The zero-order valence-corrected chi connectivity index (χ0v) is 15.1. The van der Waals surface area contributed by atoms with Crippen LogP contribution in [-0.4, -0.2) is 19.0 Å². The number of hydrogen-bond acceptors (Lipinski definition) is 2. The Morgan fingerprint density at radius 2 is 2.24 bits per heavy atom. The van der Waals surface area contributed by atoms with E-state index >= 15 is 0 Å². The molecule has 1 aromatic heterocycles. The average Bonchev–Trinajstić information content (AvgIpc) is 2.99. The average molecular weight is 403 g/mol. The molecule has 0 radical (unpaired) electrons. The molecule has 1 aliphatic rings. The van der Waals surface area contributed by atoms with Crippen molar-refractivity contribution >= 4 is 29.9 Å². The normalized spacial score (nSPS) is 15.1. The van der Waals surface area contributed by atoms with E-state index < -0.39 is 0 Å². The number of allylic oxidation sites excluding steroid dienone is 1. The Bertz CT molecular complexity index is 440. The van der Waals surface area contributed by atoms with Crippen LogP contribution in [0.2, 0.25) is 0 Å². The maximum Gasteiger partial charge on any atom is 0.191 e. The van der Waals surface area contributed by atoms with E-state index in [-0.39, 0.29) is 24.0 Å². The quantitative estimate of drug-likeness (QED) is 0.329. The largest absolute Gasteiger partial charge is 0.467 e. The maximum atomic E-state index is 5.29. The lowest BCUT2D eigenvalue weighted by Gasteiger charge is -2.14. The minimum atomic E-state index is 0. The lowest BCUT2D eigenvalue weighted by atomic mass is 9.97. The van der Waals surface area contributed by atoms with E-state index in [1.165, 1.54) is 25.7 Å². The highest BCUT2D eigenvalue weighted by molar-refractivity contribution is 14.0. The molecule has 2 N–H and O–H groups in total. The standard InChI is InChI=1S/C16H25N3O.HI/c1-2-17-16(19-13-15-9-6-12-20-15)18-11-10-14-7-4-3-5-8-14;/h6-7,9,12H,2-5,8,10-11,13H2,1H3,(H2,17,18,19);1H. The SMILES string of the molecule is CCNC(=NCc1ccco1)NCCC1=CCCCC1.I. The summed E-state index contributed by atoms with van der Waals surface area (Å²) in [5, 5.41) is 6.65. The van der Waals surface area contributed by atoms with Gasteiger partial charge in [-0.05, 0) is 51.2 Å². The molecule has 5 heteroatoms. The van der Waals surface area contributed by atoms with Gasteiger partial charge in [0.1, 0.15) is 12.3 Å². The first-order valence-corrected chi connectivity index (χ1v) is 7.61. The highest BCUT2D eigenvalue weighted by atomic mass is 127. The van der Waals surface area contributed by atoms with E-state index in [0.29, 0.717) is 6.54 Å². The van der Waals surface area contributed by atoms with Crippen molar-refractivity contribution in [3.63, 3.8) is 0 Å². The summed E-state index contributed by atoms with van der Waals surface area (Å²) in [4.78, 5) is 4.52. The number of furan rings is 1. The van der Waals surface area contributed by atoms with Crippen LogP contribution in [0.1, 0.15) is 44.8 Å². The number of aliphatic imine (C=N–C) groups is 1. The molecule has 0 saturated heterocycles. The highest BCUT2D eigenvalue weighted by Crippen LogP contribution is 2.19. The second kappa shape index (κ2) is 10.7. The van der Waals surface area contributed by atoms with Crippen molar-refractivity contribution in [2.45, 2.75) is 45.6 Å². The number of rotatable bonds is 6. The first-order valence-electron chi connectivity index (χ1n) is 7.61. The summed E-state index contributed by atoms with van der Waals surface area (Å²) in [5.41, 5.74) is 1.59. The van der Waals surface area contributed by atoms with E-state index in [4.69, 9.17) is 4.42 Å². The summed E-state index contributed by atoms with van der Waals surface area (Å²) in [6.45, 7) is 4.46. The van der Waals surface area contributed by atoms with Gasteiger partial charge >= 0.3 is 0 Å². The predicted molar refractivity (Wildman–Crippen MR) is 98.1 cm³/mol. The molecular weight excluding hydrogens is 377 g/mol. The number of guanidine groups is 1. The molecule has 0 amide bonds. The molecule has 0 saturated carbocycles. The maximum absolute atomic E-state index is 5.29. The third-order valence-electron chi connectivity index (χ3n) is 3.44. The monoisotopic (exact) mass is 403 g/mol. The molecule has 21 heavy (non-hydrogen) atoms. The summed E-state index contributed by atoms with van der Waals surface area (Å²) in [5.74, 6) is 1.75. The second-order valence-corrected chi connectivity index (χ2v) is 5.06. The Labute approximate surface area is 144 Å². The van der Waals surface area contributed by atoms with Crippen LogP contribution >= 0.6 is 24.0 Å². The van der Waals surface area contributed by atoms with Crippen molar-refractivity contribution < 1.29 is 4.42 Å². The van der Waals surface area contributed by atoms with Crippen molar-refractivity contribution in [1.82, 2.24) is 10.6 Å². The molecular formula is C16H26IN3O. The summed E-state index contributed by atoms with van der Waals surface area (Å²) in [6.07, 6.45) is 10.4. The Kier molecular flexibility index (Phi) is 9.21. The lowest BCUT2D eigenvalue weighted by Crippen LogP contribution is -2.37. The molecule has 1 aromatic rings. The number of nitrogens with zero attached hydrogens (tertiary/aromatic N) is 1. The Hall–Kier alpha value is -0.980. The molecule has 0 atom stereocenters. The van der Waals surface area contributed by atoms with Crippen molar-refractivity contribution in [2.24, 2.45) is 4.99 Å². The zero-order chi connectivity index (χ0) is 14.0. The van der Waals surface area contributed by atoms with Crippen molar-refractivity contribution in [3.05, 3.63) is 35.8 Å². The van der Waals surface area contributed by atoms with Gasteiger partial charge in [-0.1, -0.05) is 11.6 Å². The van der Waals surface area contributed by atoms with E-state index in [1.807, 2.05) is 12.1 Å². The van der Waals surface area contributed by atoms with Gasteiger partial charge in [-0.25, -0.2) is 4.99 Å². The Morgan fingerprint density at radius 3 is 2.90 bits per heavy atom. The van der Waals surface area contributed by atoms with Gasteiger partial charge in [-0.2, -0.15) is 0 Å². The van der Waals surface area contributed by atoms with Gasteiger partial charge in [0.25, 0.3) is 0 Å². The van der Waals surface area contributed by atoms with Gasteiger partial charge in [-0.3, -0.25) is 0 Å². The van der Waals surface area contributed by atoms with Crippen LogP contribution in [0, 0.1) is 0 Å². The fourth-order valence-corrected chi connectivity index (χ4v) is 2.37. The molecule has 0 aliphatic heterocycles. The Morgan fingerprint density at radius 1 is 1.33 bits per heavy atom. The second-order valence-electron chi connectivity index (χ2n) is 5.06. The molecule has 1 aliphatic carbocycles. The van der Waals surface area contributed by atoms with Gasteiger partial charge in [0.2, 0.25) is 0 Å².